The van der Waals surface area contributed by atoms with E-state index in [-0.39, 0.29) is 37.6 Å². The number of anilines is 1. The number of carbonyl (C=O) groups is 3. The van der Waals surface area contributed by atoms with E-state index in [0.29, 0.717) is 0 Å². The molecule has 2 aromatic rings. The van der Waals surface area contributed by atoms with E-state index in [2.05, 4.69) is 5.32 Å². The molecule has 0 radical (unpaired) electrons. The lowest BCUT2D eigenvalue weighted by atomic mass is 10.1. The van der Waals surface area contributed by atoms with Crippen LogP contribution in [0.25, 0.3) is 0 Å². The summed E-state index contributed by atoms with van der Waals surface area (Å²) in [5.74, 6) is -2.28. The average molecular weight is 370 g/mol. The molecule has 0 saturated carbocycles. The second kappa shape index (κ2) is 10.1. The van der Waals surface area contributed by atoms with Gasteiger partial charge < -0.3 is 20.1 Å². The highest BCUT2D eigenvalue weighted by Crippen LogP contribution is 2.16. The summed E-state index contributed by atoms with van der Waals surface area (Å²) in [6.07, 6.45) is 0. The van der Waals surface area contributed by atoms with Crippen molar-refractivity contribution in [3.63, 3.8) is 0 Å². The predicted molar refractivity (Wildman–Crippen MR) is 100.0 cm³/mol. The zero-order valence-corrected chi connectivity index (χ0v) is 15.1. The molecule has 27 heavy (non-hydrogen) atoms. The zero-order chi connectivity index (χ0) is 19.6. The lowest BCUT2D eigenvalue weighted by Gasteiger charge is -2.21. The summed E-state index contributed by atoms with van der Waals surface area (Å²) in [6.45, 7) is 1.81. The van der Waals surface area contributed by atoms with Crippen LogP contribution in [-0.2, 0) is 20.9 Å². The fourth-order valence-electron chi connectivity index (χ4n) is 2.48. The lowest BCUT2D eigenvalue weighted by Crippen LogP contribution is -2.41. The van der Waals surface area contributed by atoms with Gasteiger partial charge in [-0.2, -0.15) is 0 Å². The smallest absolute Gasteiger partial charge is 0.340 e. The number of carbonyl (C=O) groups excluding carboxylic acids is 3. The molecule has 2 N–H and O–H groups in total. The van der Waals surface area contributed by atoms with Gasteiger partial charge in [-0.25, -0.2) is 4.79 Å². The molecular formula is C20H22N2O5. The van der Waals surface area contributed by atoms with E-state index in [0.717, 1.165) is 5.56 Å². The Bertz CT molecular complexity index is 792. The maximum atomic E-state index is 12.5. The Kier molecular flexibility index (Phi) is 7.51. The minimum Gasteiger partial charge on any atom is -0.462 e. The molecule has 0 aliphatic rings. The van der Waals surface area contributed by atoms with E-state index in [4.69, 9.17) is 4.74 Å². The van der Waals surface area contributed by atoms with Gasteiger partial charge in [-0.15, -0.1) is 0 Å². The fraction of sp³-hybridized carbons (Fsp3) is 0.250. The van der Waals surface area contributed by atoms with Crippen molar-refractivity contribution in [3.8, 4) is 0 Å². The van der Waals surface area contributed by atoms with E-state index in [1.54, 1.807) is 19.1 Å². The highest BCUT2D eigenvalue weighted by Gasteiger charge is 2.23. The van der Waals surface area contributed by atoms with Gasteiger partial charge in [0.15, 0.2) is 0 Å². The number of nitrogens with one attached hydrogen (secondary N) is 1. The van der Waals surface area contributed by atoms with Gasteiger partial charge in [-0.3, -0.25) is 9.59 Å². The van der Waals surface area contributed by atoms with E-state index in [1.807, 2.05) is 30.3 Å². The molecule has 0 saturated heterocycles. The third-order valence-corrected chi connectivity index (χ3v) is 3.74. The van der Waals surface area contributed by atoms with Crippen LogP contribution in [0.3, 0.4) is 0 Å². The molecule has 2 aromatic carbocycles. The first-order chi connectivity index (χ1) is 13.1. The van der Waals surface area contributed by atoms with Gasteiger partial charge in [-0.05, 0) is 24.6 Å². The third-order valence-electron chi connectivity index (χ3n) is 3.74. The summed E-state index contributed by atoms with van der Waals surface area (Å²) in [5, 5.41) is 11.7. The monoisotopic (exact) mass is 370 g/mol. The van der Waals surface area contributed by atoms with Crippen molar-refractivity contribution < 1.29 is 24.2 Å². The Morgan fingerprint density at radius 2 is 1.70 bits per heavy atom. The number of hydrogen-bond acceptors (Lipinski definition) is 5. The van der Waals surface area contributed by atoms with Gasteiger partial charge in [0.2, 0.25) is 0 Å². The maximum Gasteiger partial charge on any atom is 0.340 e. The van der Waals surface area contributed by atoms with E-state index >= 15 is 0 Å². The molecule has 2 amide bonds. The van der Waals surface area contributed by atoms with Crippen molar-refractivity contribution in [1.82, 2.24) is 4.90 Å². The first-order valence-electron chi connectivity index (χ1n) is 8.58. The van der Waals surface area contributed by atoms with Crippen molar-refractivity contribution in [3.05, 3.63) is 65.7 Å². The van der Waals surface area contributed by atoms with Crippen LogP contribution < -0.4 is 5.32 Å². The number of hydrogen-bond donors (Lipinski definition) is 2. The molecule has 0 fully saturated rings. The number of aliphatic hydroxyl groups is 1. The van der Waals surface area contributed by atoms with Crippen LogP contribution in [0, 0.1) is 0 Å². The molecule has 7 nitrogen and oxygen atoms in total. The number of rotatable bonds is 7. The summed E-state index contributed by atoms with van der Waals surface area (Å²) in [4.78, 5) is 38.2. The molecular weight excluding hydrogens is 348 g/mol. The minimum atomic E-state index is -0.892. The summed E-state index contributed by atoms with van der Waals surface area (Å²) in [7, 11) is 0. The molecule has 0 heterocycles. The van der Waals surface area contributed by atoms with Crippen LogP contribution in [0.15, 0.2) is 54.6 Å². The van der Waals surface area contributed by atoms with Gasteiger partial charge in [0.05, 0.1) is 24.5 Å². The highest BCUT2D eigenvalue weighted by atomic mass is 16.5. The molecule has 0 aliphatic carbocycles. The summed E-state index contributed by atoms with van der Waals surface area (Å²) < 4.78 is 4.96. The predicted octanol–water partition coefficient (Wildman–Crippen LogP) is 1.82. The molecule has 142 valence electrons. The average Bonchev–Trinajstić information content (AvgIpc) is 2.68. The number of ether oxygens (including phenoxy) is 1. The van der Waals surface area contributed by atoms with Crippen LogP contribution in [0.4, 0.5) is 5.69 Å². The lowest BCUT2D eigenvalue weighted by molar-refractivity contribution is -0.143. The first-order valence-corrected chi connectivity index (χ1v) is 8.58. The van der Waals surface area contributed by atoms with Gasteiger partial charge in [0.1, 0.15) is 0 Å². The van der Waals surface area contributed by atoms with Gasteiger partial charge in [-0.1, -0.05) is 42.5 Å². The number of amides is 2. The molecule has 0 aromatic heterocycles. The summed E-state index contributed by atoms with van der Waals surface area (Å²) in [6, 6.07) is 15.4. The summed E-state index contributed by atoms with van der Waals surface area (Å²) >= 11 is 0. The second-order valence-corrected chi connectivity index (χ2v) is 5.66. The maximum absolute atomic E-state index is 12.5. The zero-order valence-electron chi connectivity index (χ0n) is 15.1. The van der Waals surface area contributed by atoms with E-state index in [1.165, 1.54) is 17.0 Å². The Hall–Kier alpha value is -3.19. The number of nitrogens with zero attached hydrogens (tertiary/aromatic N) is 1. The first kappa shape index (κ1) is 20.1. The van der Waals surface area contributed by atoms with Crippen LogP contribution in [-0.4, -0.2) is 47.5 Å². The molecule has 0 aliphatic heterocycles. The van der Waals surface area contributed by atoms with Crippen LogP contribution in [0.2, 0.25) is 0 Å². The third kappa shape index (κ3) is 5.65. The molecule has 7 heteroatoms. The molecule has 0 atom stereocenters. The molecule has 2 rings (SSSR count). The standard InChI is InChI=1S/C20H22N2O5/c1-2-27-20(26)16-10-6-7-11-17(16)21-18(24)19(25)22(12-13-23)14-15-8-4-3-5-9-15/h3-11,23H,2,12-14H2,1H3,(H,21,24). The molecule has 0 unspecified atom stereocenters. The Labute approximate surface area is 157 Å². The summed E-state index contributed by atoms with van der Waals surface area (Å²) in [5.41, 5.74) is 1.19. The van der Waals surface area contributed by atoms with Gasteiger partial charge in [0.25, 0.3) is 0 Å². The molecule has 0 spiro atoms. The van der Waals surface area contributed by atoms with Crippen molar-refractivity contribution in [2.24, 2.45) is 0 Å². The normalized spacial score (nSPS) is 10.1. The number of benzene rings is 2. The number of esters is 1. The second-order valence-electron chi connectivity index (χ2n) is 5.66. The van der Waals surface area contributed by atoms with Gasteiger partial charge in [0, 0.05) is 13.1 Å². The van der Waals surface area contributed by atoms with Crippen LogP contribution >= 0.6 is 0 Å². The van der Waals surface area contributed by atoms with E-state index in [9.17, 15) is 19.5 Å². The Morgan fingerprint density at radius 1 is 1.04 bits per heavy atom. The van der Waals surface area contributed by atoms with Crippen LogP contribution in [0.5, 0.6) is 0 Å². The Morgan fingerprint density at radius 3 is 2.37 bits per heavy atom. The minimum absolute atomic E-state index is 0.0146. The highest BCUT2D eigenvalue weighted by molar-refractivity contribution is 6.39. The van der Waals surface area contributed by atoms with E-state index < -0.39 is 17.8 Å². The van der Waals surface area contributed by atoms with Crippen LogP contribution in [0.1, 0.15) is 22.8 Å². The fourth-order valence-corrected chi connectivity index (χ4v) is 2.48. The van der Waals surface area contributed by atoms with Crippen molar-refractivity contribution >= 4 is 23.5 Å². The van der Waals surface area contributed by atoms with Crippen molar-refractivity contribution in [1.29, 1.82) is 0 Å². The largest absolute Gasteiger partial charge is 0.462 e. The number of aliphatic hydroxyl groups excluding tert-OH is 1. The van der Waals surface area contributed by atoms with Gasteiger partial charge >= 0.3 is 17.8 Å². The van der Waals surface area contributed by atoms with Crippen molar-refractivity contribution in [2.45, 2.75) is 13.5 Å². The molecule has 0 bridgehead atoms. The Balaban J connectivity index is 2.13. The van der Waals surface area contributed by atoms with Crippen molar-refractivity contribution in [2.75, 3.05) is 25.1 Å². The SMILES string of the molecule is CCOC(=O)c1ccccc1NC(=O)C(=O)N(CCO)Cc1ccccc1. The topological polar surface area (TPSA) is 95.9 Å². The number of para-hydroxylation sites is 1. The quantitative estimate of drug-likeness (QED) is 0.573.